The highest BCUT2D eigenvalue weighted by Crippen LogP contribution is 2.23. The number of sulfone groups is 1. The minimum Gasteiger partial charge on any atom is -0.339 e. The molecular formula is C18H25N5O3S. The number of tetrazole rings is 1. The number of likely N-dealkylation sites (tertiary alicyclic amines) is 1. The van der Waals surface area contributed by atoms with E-state index in [9.17, 15) is 13.2 Å². The van der Waals surface area contributed by atoms with Gasteiger partial charge in [-0.3, -0.25) is 4.79 Å². The molecule has 0 saturated carbocycles. The van der Waals surface area contributed by atoms with Crippen molar-refractivity contribution in [2.24, 2.45) is 0 Å². The van der Waals surface area contributed by atoms with Gasteiger partial charge in [0.2, 0.25) is 5.91 Å². The first-order valence-corrected chi connectivity index (χ1v) is 11.0. The highest BCUT2D eigenvalue weighted by atomic mass is 32.2. The highest BCUT2D eigenvalue weighted by molar-refractivity contribution is 7.92. The molecule has 3 rings (SSSR count). The van der Waals surface area contributed by atoms with Crippen LogP contribution in [0.15, 0.2) is 30.3 Å². The molecule has 2 atom stereocenters. The standard InChI is InChI=1S/C18H25N5O3S/c1-3-15-9-7-8-12-22(15)18(24)14(2)27(25,26)13-17-19-20-21-23(17)16-10-5-4-6-11-16/h4-6,10-11,14-15H,3,7-9,12-13H2,1-2H3/t14-,15-/m0/s1. The van der Waals surface area contributed by atoms with Gasteiger partial charge in [-0.05, 0) is 55.2 Å². The fourth-order valence-corrected chi connectivity index (χ4v) is 4.71. The lowest BCUT2D eigenvalue weighted by Crippen LogP contribution is -2.49. The van der Waals surface area contributed by atoms with E-state index in [1.807, 2.05) is 25.1 Å². The van der Waals surface area contributed by atoms with Crippen LogP contribution in [-0.2, 0) is 20.4 Å². The molecule has 0 N–H and O–H groups in total. The Kier molecular flexibility index (Phi) is 5.88. The minimum atomic E-state index is -3.75. The van der Waals surface area contributed by atoms with Gasteiger partial charge in [-0.2, -0.15) is 4.68 Å². The summed E-state index contributed by atoms with van der Waals surface area (Å²) in [5.41, 5.74) is 0.675. The van der Waals surface area contributed by atoms with Crippen molar-refractivity contribution in [2.45, 2.75) is 56.6 Å². The Hall–Kier alpha value is -2.29. The Labute approximate surface area is 159 Å². The van der Waals surface area contributed by atoms with Crippen molar-refractivity contribution in [3.05, 3.63) is 36.2 Å². The molecular weight excluding hydrogens is 366 g/mol. The smallest absolute Gasteiger partial charge is 0.240 e. The lowest BCUT2D eigenvalue weighted by Gasteiger charge is -2.36. The number of benzene rings is 1. The van der Waals surface area contributed by atoms with Crippen LogP contribution in [0.2, 0.25) is 0 Å². The Morgan fingerprint density at radius 1 is 1.26 bits per heavy atom. The molecule has 8 nitrogen and oxygen atoms in total. The quantitative estimate of drug-likeness (QED) is 0.744. The van der Waals surface area contributed by atoms with Gasteiger partial charge in [0.05, 0.1) is 5.69 Å². The number of carbonyl (C=O) groups is 1. The molecule has 0 aliphatic carbocycles. The van der Waals surface area contributed by atoms with Crippen molar-refractivity contribution in [2.75, 3.05) is 6.54 Å². The molecule has 0 unspecified atom stereocenters. The highest BCUT2D eigenvalue weighted by Gasteiger charge is 2.36. The van der Waals surface area contributed by atoms with E-state index in [-0.39, 0.29) is 23.5 Å². The summed E-state index contributed by atoms with van der Waals surface area (Å²) in [5.74, 6) is -0.501. The second-order valence-corrected chi connectivity index (χ2v) is 9.20. The molecule has 1 aromatic heterocycles. The number of nitrogens with zero attached hydrogens (tertiary/aromatic N) is 5. The average molecular weight is 391 g/mol. The predicted molar refractivity (Wildman–Crippen MR) is 101 cm³/mol. The lowest BCUT2D eigenvalue weighted by atomic mass is 10.00. The molecule has 27 heavy (non-hydrogen) atoms. The maximum Gasteiger partial charge on any atom is 0.240 e. The zero-order chi connectivity index (χ0) is 19.4. The number of hydrogen-bond acceptors (Lipinski definition) is 6. The fourth-order valence-electron chi connectivity index (χ4n) is 3.47. The molecule has 1 aromatic carbocycles. The number of para-hydroxylation sites is 1. The first-order chi connectivity index (χ1) is 12.9. The SMILES string of the molecule is CC[C@H]1CCCCN1C(=O)[C@H](C)S(=O)(=O)Cc1nnnn1-c1ccccc1. The van der Waals surface area contributed by atoms with Crippen LogP contribution in [0.3, 0.4) is 0 Å². The van der Waals surface area contributed by atoms with E-state index in [1.54, 1.807) is 17.0 Å². The van der Waals surface area contributed by atoms with E-state index in [0.29, 0.717) is 12.2 Å². The van der Waals surface area contributed by atoms with Crippen molar-refractivity contribution >= 4 is 15.7 Å². The molecule has 1 aliphatic heterocycles. The van der Waals surface area contributed by atoms with Crippen LogP contribution in [0, 0.1) is 0 Å². The summed E-state index contributed by atoms with van der Waals surface area (Å²) in [5, 5.41) is 10.2. The van der Waals surface area contributed by atoms with Crippen LogP contribution in [0.25, 0.3) is 5.69 Å². The van der Waals surface area contributed by atoms with Gasteiger partial charge in [0.25, 0.3) is 0 Å². The van der Waals surface area contributed by atoms with E-state index in [1.165, 1.54) is 11.6 Å². The maximum absolute atomic E-state index is 12.9. The summed E-state index contributed by atoms with van der Waals surface area (Å²) >= 11 is 0. The van der Waals surface area contributed by atoms with Gasteiger partial charge in [0, 0.05) is 12.6 Å². The van der Waals surface area contributed by atoms with Gasteiger partial charge in [-0.25, -0.2) is 8.42 Å². The molecule has 0 bridgehead atoms. The Morgan fingerprint density at radius 3 is 2.70 bits per heavy atom. The Balaban J connectivity index is 1.79. The summed E-state index contributed by atoms with van der Waals surface area (Å²) in [6.45, 7) is 4.12. The van der Waals surface area contributed by atoms with Crippen LogP contribution in [0.5, 0.6) is 0 Å². The molecule has 1 aliphatic rings. The number of rotatable bonds is 6. The van der Waals surface area contributed by atoms with E-state index >= 15 is 0 Å². The van der Waals surface area contributed by atoms with Gasteiger partial charge in [0.1, 0.15) is 11.0 Å². The summed E-state index contributed by atoms with van der Waals surface area (Å²) in [4.78, 5) is 14.6. The third-order valence-electron chi connectivity index (χ3n) is 5.13. The summed E-state index contributed by atoms with van der Waals surface area (Å²) in [6, 6.07) is 9.21. The zero-order valence-corrected chi connectivity index (χ0v) is 16.5. The molecule has 1 amide bonds. The summed E-state index contributed by atoms with van der Waals surface area (Å²) in [6.07, 6.45) is 3.77. The maximum atomic E-state index is 12.9. The molecule has 1 fully saturated rings. The third kappa shape index (κ3) is 4.18. The monoisotopic (exact) mass is 391 g/mol. The molecule has 0 spiro atoms. The van der Waals surface area contributed by atoms with Gasteiger partial charge in [0.15, 0.2) is 15.7 Å². The zero-order valence-electron chi connectivity index (χ0n) is 15.7. The van der Waals surface area contributed by atoms with Gasteiger partial charge < -0.3 is 4.90 Å². The molecule has 146 valence electrons. The number of hydrogen-bond donors (Lipinski definition) is 0. The molecule has 9 heteroatoms. The second-order valence-electron chi connectivity index (χ2n) is 6.88. The summed E-state index contributed by atoms with van der Waals surface area (Å²) in [7, 11) is -3.75. The number of carbonyl (C=O) groups excluding carboxylic acids is 1. The third-order valence-corrected chi connectivity index (χ3v) is 7.07. The molecule has 2 aromatic rings. The van der Waals surface area contributed by atoms with Crippen LogP contribution in [-0.4, -0.2) is 57.3 Å². The fraction of sp³-hybridized carbons (Fsp3) is 0.556. The molecule has 1 saturated heterocycles. The lowest BCUT2D eigenvalue weighted by molar-refractivity contribution is -0.134. The number of aromatic nitrogens is 4. The van der Waals surface area contributed by atoms with Gasteiger partial charge in [-0.1, -0.05) is 25.1 Å². The van der Waals surface area contributed by atoms with Crippen molar-refractivity contribution in [3.63, 3.8) is 0 Å². The van der Waals surface area contributed by atoms with Gasteiger partial charge >= 0.3 is 0 Å². The van der Waals surface area contributed by atoms with Crippen LogP contribution in [0.1, 0.15) is 45.4 Å². The van der Waals surface area contributed by atoms with Crippen LogP contribution >= 0.6 is 0 Å². The Bertz CT molecular complexity index is 881. The van der Waals surface area contributed by atoms with E-state index in [0.717, 1.165) is 25.7 Å². The van der Waals surface area contributed by atoms with Crippen LogP contribution < -0.4 is 0 Å². The molecule has 2 heterocycles. The average Bonchev–Trinajstić information content (AvgIpc) is 3.14. The van der Waals surface area contributed by atoms with Crippen molar-refractivity contribution in [1.29, 1.82) is 0 Å². The van der Waals surface area contributed by atoms with Gasteiger partial charge in [-0.15, -0.1) is 5.10 Å². The van der Waals surface area contributed by atoms with E-state index in [4.69, 9.17) is 0 Å². The largest absolute Gasteiger partial charge is 0.339 e. The second kappa shape index (κ2) is 8.16. The normalized spacial score (nSPS) is 19.0. The number of amides is 1. The minimum absolute atomic E-state index is 0.124. The predicted octanol–water partition coefficient (Wildman–Crippen LogP) is 1.76. The Morgan fingerprint density at radius 2 is 2.00 bits per heavy atom. The topological polar surface area (TPSA) is 98.1 Å². The van der Waals surface area contributed by atoms with E-state index in [2.05, 4.69) is 15.5 Å². The van der Waals surface area contributed by atoms with Crippen LogP contribution in [0.4, 0.5) is 0 Å². The van der Waals surface area contributed by atoms with Crippen molar-refractivity contribution in [1.82, 2.24) is 25.1 Å². The van der Waals surface area contributed by atoms with Crippen molar-refractivity contribution < 1.29 is 13.2 Å². The van der Waals surface area contributed by atoms with E-state index < -0.39 is 15.1 Å². The first kappa shape index (κ1) is 19.5. The first-order valence-electron chi connectivity index (χ1n) is 9.28. The summed E-state index contributed by atoms with van der Waals surface area (Å²) < 4.78 is 27.2. The number of piperidine rings is 1. The molecule has 0 radical (unpaired) electrons. The van der Waals surface area contributed by atoms with Crippen molar-refractivity contribution in [3.8, 4) is 5.69 Å².